The lowest BCUT2D eigenvalue weighted by Crippen LogP contribution is -2.40. The first kappa shape index (κ1) is 24.5. The van der Waals surface area contributed by atoms with Gasteiger partial charge in [-0.05, 0) is 50.4 Å². The van der Waals surface area contributed by atoms with E-state index in [1.165, 1.54) is 4.68 Å². The summed E-state index contributed by atoms with van der Waals surface area (Å²) in [5.41, 5.74) is 8.38. The smallest absolute Gasteiger partial charge is 0.330 e. The molecular formula is C26H35N5O2. The first-order chi connectivity index (χ1) is 15.9. The molecule has 2 N–H and O–H groups in total. The van der Waals surface area contributed by atoms with E-state index in [-0.39, 0.29) is 23.6 Å². The van der Waals surface area contributed by atoms with Gasteiger partial charge in [0.05, 0.1) is 12.6 Å². The summed E-state index contributed by atoms with van der Waals surface area (Å²) in [6, 6.07) is 17.1. The predicted molar refractivity (Wildman–Crippen MR) is 131 cm³/mol. The molecule has 3 rings (SSSR count). The summed E-state index contributed by atoms with van der Waals surface area (Å²) in [7, 11) is 0. The maximum Gasteiger partial charge on any atom is 0.346 e. The number of hydrogen-bond acceptors (Lipinski definition) is 4. The summed E-state index contributed by atoms with van der Waals surface area (Å²) < 4.78 is 3.19. The van der Waals surface area contributed by atoms with Gasteiger partial charge < -0.3 is 10.6 Å². The first-order valence-corrected chi connectivity index (χ1v) is 11.7. The van der Waals surface area contributed by atoms with Crippen molar-refractivity contribution in [3.05, 3.63) is 87.6 Å². The van der Waals surface area contributed by atoms with Crippen molar-refractivity contribution in [1.29, 1.82) is 0 Å². The van der Waals surface area contributed by atoms with E-state index in [0.717, 1.165) is 11.1 Å². The zero-order valence-electron chi connectivity index (χ0n) is 20.1. The first-order valence-electron chi connectivity index (χ1n) is 11.7. The molecule has 176 valence electrons. The van der Waals surface area contributed by atoms with Gasteiger partial charge in [0.25, 0.3) is 5.91 Å². The Morgan fingerprint density at radius 1 is 1.09 bits per heavy atom. The second-order valence-corrected chi connectivity index (χ2v) is 8.72. The molecular weight excluding hydrogens is 414 g/mol. The molecule has 0 bridgehead atoms. The van der Waals surface area contributed by atoms with Gasteiger partial charge in [-0.3, -0.25) is 9.36 Å². The molecule has 0 aliphatic rings. The Morgan fingerprint density at radius 2 is 1.76 bits per heavy atom. The molecule has 3 aromatic rings. The van der Waals surface area contributed by atoms with Crippen LogP contribution in [0.1, 0.15) is 60.5 Å². The van der Waals surface area contributed by atoms with Crippen LogP contribution in [0.3, 0.4) is 0 Å². The third-order valence-electron chi connectivity index (χ3n) is 5.83. The average Bonchev–Trinajstić information content (AvgIpc) is 3.11. The van der Waals surface area contributed by atoms with Crippen LogP contribution in [0.2, 0.25) is 0 Å². The van der Waals surface area contributed by atoms with Crippen LogP contribution >= 0.6 is 0 Å². The topological polar surface area (TPSA) is 86.2 Å². The monoisotopic (exact) mass is 449 g/mol. The van der Waals surface area contributed by atoms with Crippen molar-refractivity contribution in [3.8, 4) is 0 Å². The fourth-order valence-electron chi connectivity index (χ4n) is 4.09. The van der Waals surface area contributed by atoms with Gasteiger partial charge in [-0.15, -0.1) is 0 Å². The highest BCUT2D eigenvalue weighted by atomic mass is 16.2. The molecule has 0 spiro atoms. The number of aromatic nitrogens is 3. The minimum absolute atomic E-state index is 0.0406. The Morgan fingerprint density at radius 3 is 2.33 bits per heavy atom. The summed E-state index contributed by atoms with van der Waals surface area (Å²) >= 11 is 0. The molecule has 2 aromatic carbocycles. The predicted octanol–water partition coefficient (Wildman–Crippen LogP) is 3.61. The van der Waals surface area contributed by atoms with E-state index in [1.54, 1.807) is 4.57 Å². The lowest BCUT2D eigenvalue weighted by Gasteiger charge is -2.34. The van der Waals surface area contributed by atoms with Crippen molar-refractivity contribution in [3.63, 3.8) is 0 Å². The van der Waals surface area contributed by atoms with Crippen molar-refractivity contribution in [1.82, 2.24) is 19.2 Å². The molecule has 1 unspecified atom stereocenters. The van der Waals surface area contributed by atoms with Crippen LogP contribution < -0.4 is 11.4 Å². The van der Waals surface area contributed by atoms with Gasteiger partial charge in [-0.25, -0.2) is 9.48 Å². The molecule has 33 heavy (non-hydrogen) atoms. The second kappa shape index (κ2) is 11.1. The molecule has 7 heteroatoms. The van der Waals surface area contributed by atoms with Crippen LogP contribution in [0.15, 0.2) is 59.4 Å². The third kappa shape index (κ3) is 5.60. The van der Waals surface area contributed by atoms with Crippen LogP contribution in [0, 0.1) is 12.8 Å². The van der Waals surface area contributed by atoms with E-state index in [1.807, 2.05) is 73.3 Å². The molecule has 0 aliphatic carbocycles. The molecule has 1 aromatic heterocycles. The summed E-state index contributed by atoms with van der Waals surface area (Å²) in [5.74, 6) is 0.573. The Kier molecular flexibility index (Phi) is 8.22. The summed E-state index contributed by atoms with van der Waals surface area (Å²) in [6.45, 7) is 9.86. The van der Waals surface area contributed by atoms with Crippen LogP contribution in [0.4, 0.5) is 0 Å². The van der Waals surface area contributed by atoms with E-state index in [4.69, 9.17) is 10.8 Å². The lowest BCUT2D eigenvalue weighted by atomic mass is 9.99. The third-order valence-corrected chi connectivity index (χ3v) is 5.83. The van der Waals surface area contributed by atoms with E-state index < -0.39 is 0 Å². The second-order valence-electron chi connectivity index (χ2n) is 8.72. The van der Waals surface area contributed by atoms with E-state index in [9.17, 15) is 9.59 Å². The van der Waals surface area contributed by atoms with Crippen molar-refractivity contribution in [2.24, 2.45) is 11.7 Å². The Bertz CT molecular complexity index is 1100. The maximum atomic E-state index is 13.7. The number of carbonyl (C=O) groups is 1. The number of nitrogens with two attached hydrogens (primary N) is 1. The Hall–Kier alpha value is -3.19. The number of benzene rings is 2. The Balaban J connectivity index is 2.10. The van der Waals surface area contributed by atoms with Crippen molar-refractivity contribution in [2.75, 3.05) is 13.1 Å². The van der Waals surface area contributed by atoms with Crippen LogP contribution in [0.25, 0.3) is 0 Å². The summed E-state index contributed by atoms with van der Waals surface area (Å²) in [4.78, 5) is 28.7. The van der Waals surface area contributed by atoms with Gasteiger partial charge >= 0.3 is 5.69 Å². The highest BCUT2D eigenvalue weighted by Gasteiger charge is 2.33. The fourth-order valence-corrected chi connectivity index (χ4v) is 4.09. The quantitative estimate of drug-likeness (QED) is 0.512. The zero-order chi connectivity index (χ0) is 24.0. The van der Waals surface area contributed by atoms with Gasteiger partial charge in [-0.1, -0.05) is 61.9 Å². The van der Waals surface area contributed by atoms with Crippen LogP contribution in [-0.4, -0.2) is 38.2 Å². The molecule has 0 fully saturated rings. The van der Waals surface area contributed by atoms with E-state index >= 15 is 0 Å². The number of aryl methyl sites for hydroxylation is 2. The lowest BCUT2D eigenvalue weighted by molar-refractivity contribution is 0.0603. The van der Waals surface area contributed by atoms with E-state index in [2.05, 4.69) is 13.8 Å². The minimum atomic E-state index is -0.366. The summed E-state index contributed by atoms with van der Waals surface area (Å²) in [5, 5.41) is 4.71. The SMILES string of the molecule is CCn1nc(C(C(C)C)N(CCCN)C(=O)c2ccc(C)cc2)n(Cc2ccccc2)c1=O. The number of rotatable bonds is 10. The molecule has 0 aliphatic heterocycles. The minimum Gasteiger partial charge on any atom is -0.330 e. The van der Waals surface area contributed by atoms with Crippen molar-refractivity contribution < 1.29 is 4.79 Å². The fraction of sp³-hybridized carbons (Fsp3) is 0.423. The van der Waals surface area contributed by atoms with Gasteiger partial charge in [0.15, 0.2) is 5.82 Å². The molecule has 0 saturated carbocycles. The number of hydrogen-bond donors (Lipinski definition) is 1. The highest BCUT2D eigenvalue weighted by Crippen LogP contribution is 2.29. The molecule has 1 amide bonds. The average molecular weight is 450 g/mol. The molecule has 0 saturated heterocycles. The largest absolute Gasteiger partial charge is 0.346 e. The van der Waals surface area contributed by atoms with Gasteiger partial charge in [0.1, 0.15) is 0 Å². The normalized spacial score (nSPS) is 12.2. The summed E-state index contributed by atoms with van der Waals surface area (Å²) in [6.07, 6.45) is 0.665. The van der Waals surface area contributed by atoms with Crippen molar-refractivity contribution >= 4 is 5.91 Å². The number of nitrogens with zero attached hydrogens (tertiary/aromatic N) is 4. The van der Waals surface area contributed by atoms with Crippen molar-refractivity contribution in [2.45, 2.75) is 53.2 Å². The molecule has 1 heterocycles. The van der Waals surface area contributed by atoms with Crippen LogP contribution in [0.5, 0.6) is 0 Å². The zero-order valence-corrected chi connectivity index (χ0v) is 20.1. The van der Waals surface area contributed by atoms with E-state index in [0.29, 0.717) is 44.0 Å². The molecule has 1 atom stereocenters. The number of carbonyl (C=O) groups excluding carboxylic acids is 1. The molecule has 7 nitrogen and oxygen atoms in total. The Labute approximate surface area is 195 Å². The van der Waals surface area contributed by atoms with Crippen LogP contribution in [-0.2, 0) is 13.1 Å². The number of amides is 1. The van der Waals surface area contributed by atoms with Gasteiger partial charge in [0.2, 0.25) is 0 Å². The van der Waals surface area contributed by atoms with Gasteiger partial charge in [-0.2, -0.15) is 5.10 Å². The van der Waals surface area contributed by atoms with Gasteiger partial charge in [0, 0.05) is 18.7 Å². The standard InChI is InChI=1S/C26H35N5O2/c1-5-31-26(33)30(18-21-10-7-6-8-11-21)24(28-31)23(19(2)3)29(17-9-16-27)25(32)22-14-12-20(4)13-15-22/h6-8,10-15,19,23H,5,9,16-18,27H2,1-4H3. The maximum absolute atomic E-state index is 13.7. The molecule has 0 radical (unpaired) electrons. The highest BCUT2D eigenvalue weighted by molar-refractivity contribution is 5.94.